The Morgan fingerprint density at radius 3 is 2.59 bits per heavy atom. The van der Waals surface area contributed by atoms with Crippen LogP contribution in [0.3, 0.4) is 0 Å². The molecule has 3 atom stereocenters. The third-order valence-corrected chi connectivity index (χ3v) is 2.93. The zero-order valence-electron chi connectivity index (χ0n) is 9.67. The molecule has 98 valence electrons. The maximum absolute atomic E-state index is 11.6. The van der Waals surface area contributed by atoms with Gasteiger partial charge in [0.15, 0.2) is 6.10 Å². The van der Waals surface area contributed by atoms with E-state index in [0.717, 1.165) is 6.42 Å². The quantitative estimate of drug-likeness (QED) is 0.500. The van der Waals surface area contributed by atoms with Crippen LogP contribution in [0, 0.1) is 5.92 Å². The van der Waals surface area contributed by atoms with Crippen molar-refractivity contribution >= 4 is 12.0 Å². The van der Waals surface area contributed by atoms with Crippen molar-refractivity contribution in [3.05, 3.63) is 0 Å². The van der Waals surface area contributed by atoms with E-state index in [0.29, 0.717) is 13.1 Å². The summed E-state index contributed by atoms with van der Waals surface area (Å²) in [5, 5.41) is 29.1. The standard InChI is InChI=1S/C10H18N2O5/c1-6(13)7-2-3-12(5-7)10(17)11-4-8(14)9(15)16/h6-8,13-14H,2-5H2,1H3,(H,11,17)(H,15,16). The Bertz CT molecular complexity index is 294. The van der Waals surface area contributed by atoms with Crippen LogP contribution in [0.2, 0.25) is 0 Å². The number of carbonyl (C=O) groups excluding carboxylic acids is 1. The summed E-state index contributed by atoms with van der Waals surface area (Å²) in [7, 11) is 0. The first-order valence-electron chi connectivity index (χ1n) is 5.53. The molecular weight excluding hydrogens is 228 g/mol. The number of carboxylic acid groups (broad SMARTS) is 1. The van der Waals surface area contributed by atoms with Crippen molar-refractivity contribution in [2.24, 2.45) is 5.92 Å². The molecule has 1 aliphatic heterocycles. The molecule has 1 saturated heterocycles. The van der Waals surface area contributed by atoms with Gasteiger partial charge in [-0.1, -0.05) is 0 Å². The van der Waals surface area contributed by atoms with E-state index < -0.39 is 24.2 Å². The number of carboxylic acids is 1. The largest absolute Gasteiger partial charge is 0.479 e. The SMILES string of the molecule is CC(O)C1CCN(C(=O)NCC(O)C(=O)O)C1. The highest BCUT2D eigenvalue weighted by molar-refractivity contribution is 5.77. The van der Waals surface area contributed by atoms with Gasteiger partial charge in [-0.3, -0.25) is 0 Å². The minimum Gasteiger partial charge on any atom is -0.479 e. The summed E-state index contributed by atoms with van der Waals surface area (Å²) in [5.74, 6) is -1.31. The number of carbonyl (C=O) groups is 2. The Hall–Kier alpha value is -1.34. The van der Waals surface area contributed by atoms with Crippen molar-refractivity contribution in [3.63, 3.8) is 0 Å². The van der Waals surface area contributed by atoms with Crippen molar-refractivity contribution in [2.45, 2.75) is 25.6 Å². The van der Waals surface area contributed by atoms with Gasteiger partial charge in [-0.25, -0.2) is 9.59 Å². The average molecular weight is 246 g/mol. The van der Waals surface area contributed by atoms with E-state index >= 15 is 0 Å². The van der Waals surface area contributed by atoms with Gasteiger partial charge in [0.2, 0.25) is 0 Å². The second-order valence-corrected chi connectivity index (χ2v) is 4.28. The summed E-state index contributed by atoms with van der Waals surface area (Å²) in [6.45, 7) is 2.35. The third kappa shape index (κ3) is 3.86. The number of likely N-dealkylation sites (tertiary alicyclic amines) is 1. The van der Waals surface area contributed by atoms with E-state index in [1.165, 1.54) is 4.90 Å². The van der Waals surface area contributed by atoms with Crippen LogP contribution in [-0.4, -0.2) is 64.1 Å². The van der Waals surface area contributed by atoms with Gasteiger partial charge in [0, 0.05) is 19.0 Å². The average Bonchev–Trinajstić information content (AvgIpc) is 2.74. The molecule has 7 nitrogen and oxygen atoms in total. The van der Waals surface area contributed by atoms with Gasteiger partial charge in [-0.2, -0.15) is 0 Å². The molecule has 1 heterocycles. The van der Waals surface area contributed by atoms with Gasteiger partial charge < -0.3 is 25.5 Å². The molecule has 0 spiro atoms. The van der Waals surface area contributed by atoms with Crippen LogP contribution in [0.15, 0.2) is 0 Å². The maximum atomic E-state index is 11.6. The van der Waals surface area contributed by atoms with Gasteiger partial charge in [0.1, 0.15) is 0 Å². The number of aliphatic hydroxyl groups is 2. The highest BCUT2D eigenvalue weighted by Crippen LogP contribution is 2.19. The highest BCUT2D eigenvalue weighted by Gasteiger charge is 2.29. The molecule has 0 aliphatic carbocycles. The number of nitrogens with zero attached hydrogens (tertiary/aromatic N) is 1. The topological polar surface area (TPSA) is 110 Å². The number of hydrogen-bond donors (Lipinski definition) is 4. The van der Waals surface area contributed by atoms with Crippen LogP contribution >= 0.6 is 0 Å². The summed E-state index contributed by atoms with van der Waals surface area (Å²) < 4.78 is 0. The van der Waals surface area contributed by atoms with Crippen molar-refractivity contribution in [1.29, 1.82) is 0 Å². The molecule has 7 heteroatoms. The molecule has 0 bridgehead atoms. The summed E-state index contributed by atoms with van der Waals surface area (Å²) in [4.78, 5) is 23.4. The highest BCUT2D eigenvalue weighted by atomic mass is 16.4. The lowest BCUT2D eigenvalue weighted by Crippen LogP contribution is -2.43. The van der Waals surface area contributed by atoms with Crippen LogP contribution in [0.4, 0.5) is 4.79 Å². The molecule has 2 amide bonds. The fourth-order valence-corrected chi connectivity index (χ4v) is 1.75. The smallest absolute Gasteiger partial charge is 0.334 e. The molecule has 17 heavy (non-hydrogen) atoms. The van der Waals surface area contributed by atoms with E-state index in [4.69, 9.17) is 10.2 Å². The Balaban J connectivity index is 2.32. The molecule has 1 rings (SSSR count). The van der Waals surface area contributed by atoms with Gasteiger partial charge in [0.05, 0.1) is 12.6 Å². The number of urea groups is 1. The number of nitrogens with one attached hydrogen (secondary N) is 1. The number of aliphatic carboxylic acids is 1. The molecule has 1 aliphatic rings. The van der Waals surface area contributed by atoms with Crippen molar-refractivity contribution in [1.82, 2.24) is 10.2 Å². The number of rotatable bonds is 4. The van der Waals surface area contributed by atoms with Crippen molar-refractivity contribution in [3.8, 4) is 0 Å². The Morgan fingerprint density at radius 2 is 2.12 bits per heavy atom. The van der Waals surface area contributed by atoms with Crippen molar-refractivity contribution < 1.29 is 24.9 Å². The fraction of sp³-hybridized carbons (Fsp3) is 0.800. The van der Waals surface area contributed by atoms with Crippen LogP contribution < -0.4 is 5.32 Å². The third-order valence-electron chi connectivity index (χ3n) is 2.93. The van der Waals surface area contributed by atoms with E-state index in [1.807, 2.05) is 0 Å². The monoisotopic (exact) mass is 246 g/mol. The molecule has 0 aromatic rings. The summed E-state index contributed by atoms with van der Waals surface area (Å²) >= 11 is 0. The molecule has 3 unspecified atom stereocenters. The molecule has 4 N–H and O–H groups in total. The second kappa shape index (κ2) is 5.83. The van der Waals surface area contributed by atoms with E-state index in [2.05, 4.69) is 5.32 Å². The van der Waals surface area contributed by atoms with Gasteiger partial charge in [-0.15, -0.1) is 0 Å². The molecule has 0 saturated carbocycles. The van der Waals surface area contributed by atoms with Crippen LogP contribution in [-0.2, 0) is 4.79 Å². The minimum absolute atomic E-state index is 0.0603. The Morgan fingerprint density at radius 1 is 1.47 bits per heavy atom. The fourth-order valence-electron chi connectivity index (χ4n) is 1.75. The predicted octanol–water partition coefficient (Wildman–Crippen LogP) is -1.16. The normalized spacial score (nSPS) is 23.2. The minimum atomic E-state index is -1.59. The van der Waals surface area contributed by atoms with Crippen LogP contribution in [0.25, 0.3) is 0 Å². The van der Waals surface area contributed by atoms with Gasteiger partial charge >= 0.3 is 12.0 Å². The molecular formula is C10H18N2O5. The van der Waals surface area contributed by atoms with Crippen molar-refractivity contribution in [2.75, 3.05) is 19.6 Å². The summed E-state index contributed by atoms with van der Waals surface area (Å²) in [6, 6.07) is -0.409. The molecule has 0 radical (unpaired) electrons. The number of amides is 2. The van der Waals surface area contributed by atoms with Gasteiger partial charge in [-0.05, 0) is 13.3 Å². The first-order valence-corrected chi connectivity index (χ1v) is 5.53. The van der Waals surface area contributed by atoms with E-state index in [9.17, 15) is 14.7 Å². The zero-order chi connectivity index (χ0) is 13.0. The second-order valence-electron chi connectivity index (χ2n) is 4.28. The van der Waals surface area contributed by atoms with Gasteiger partial charge in [0.25, 0.3) is 0 Å². The number of aliphatic hydroxyl groups excluding tert-OH is 2. The Kier molecular flexibility index (Phi) is 4.71. The molecule has 0 aromatic carbocycles. The van der Waals surface area contributed by atoms with Crippen LogP contribution in [0.1, 0.15) is 13.3 Å². The lowest BCUT2D eigenvalue weighted by atomic mass is 10.0. The summed E-state index contributed by atoms with van der Waals surface area (Å²) in [5.41, 5.74) is 0. The van der Waals surface area contributed by atoms with Crippen LogP contribution in [0.5, 0.6) is 0 Å². The van der Waals surface area contributed by atoms with E-state index in [-0.39, 0.29) is 12.5 Å². The zero-order valence-corrected chi connectivity index (χ0v) is 9.67. The maximum Gasteiger partial charge on any atom is 0.334 e. The number of hydrogen-bond acceptors (Lipinski definition) is 4. The first kappa shape index (κ1) is 13.7. The van der Waals surface area contributed by atoms with E-state index in [1.54, 1.807) is 6.92 Å². The lowest BCUT2D eigenvalue weighted by Gasteiger charge is -2.18. The molecule has 0 aromatic heterocycles. The molecule has 1 fully saturated rings. The first-order chi connectivity index (χ1) is 7.91. The lowest BCUT2D eigenvalue weighted by molar-refractivity contribution is -0.146. The predicted molar refractivity (Wildman–Crippen MR) is 58.4 cm³/mol. The Labute approximate surface area is 99.0 Å². The summed E-state index contributed by atoms with van der Waals surface area (Å²) in [6.07, 6.45) is -1.32.